The van der Waals surface area contributed by atoms with Crippen molar-refractivity contribution in [3.8, 4) is 0 Å². The topological polar surface area (TPSA) is 93.5 Å². The minimum absolute atomic E-state index is 0.297. The quantitative estimate of drug-likeness (QED) is 0.572. The van der Waals surface area contributed by atoms with Crippen LogP contribution in [0.3, 0.4) is 0 Å². The number of ether oxygens (including phenoxy) is 1. The smallest absolute Gasteiger partial charge is 0.407 e. The summed E-state index contributed by atoms with van der Waals surface area (Å²) in [4.78, 5) is 23.3. The van der Waals surface area contributed by atoms with Crippen LogP contribution in [0.5, 0.6) is 0 Å². The van der Waals surface area contributed by atoms with Gasteiger partial charge in [0.1, 0.15) is 5.60 Å². The van der Waals surface area contributed by atoms with E-state index in [0.717, 1.165) is 0 Å². The van der Waals surface area contributed by atoms with Gasteiger partial charge in [0.25, 0.3) is 5.91 Å². The lowest BCUT2D eigenvalue weighted by molar-refractivity contribution is 0.0527. The maximum atomic E-state index is 11.9. The highest BCUT2D eigenvalue weighted by Gasteiger charge is 2.15. The first-order valence-corrected chi connectivity index (χ1v) is 7.37. The van der Waals surface area contributed by atoms with E-state index in [1.807, 2.05) is 0 Å². The Morgan fingerprint density at radius 2 is 1.86 bits per heavy atom. The number of anilines is 1. The number of carbonyl (C=O) groups is 2. The highest BCUT2D eigenvalue weighted by Crippen LogP contribution is 2.18. The van der Waals surface area contributed by atoms with Gasteiger partial charge in [0.2, 0.25) is 0 Å². The van der Waals surface area contributed by atoms with Crippen LogP contribution in [0, 0.1) is 0 Å². The van der Waals surface area contributed by atoms with Crippen molar-refractivity contribution in [2.24, 2.45) is 0 Å². The Balaban J connectivity index is 2.29. The minimum atomic E-state index is -0.526. The van der Waals surface area contributed by atoms with Crippen molar-refractivity contribution < 1.29 is 14.3 Å². The van der Waals surface area contributed by atoms with E-state index in [4.69, 9.17) is 22.1 Å². The Bertz CT molecular complexity index is 541. The van der Waals surface area contributed by atoms with E-state index in [9.17, 15) is 9.59 Å². The van der Waals surface area contributed by atoms with Crippen molar-refractivity contribution in [3.05, 3.63) is 28.8 Å². The van der Waals surface area contributed by atoms with E-state index in [1.165, 1.54) is 6.07 Å². The number of halogens is 1. The zero-order valence-electron chi connectivity index (χ0n) is 13.0. The summed E-state index contributed by atoms with van der Waals surface area (Å²) in [5.41, 5.74) is 5.91. The molecule has 4 N–H and O–H groups in total. The summed E-state index contributed by atoms with van der Waals surface area (Å²) in [6.07, 6.45) is 0.1000. The van der Waals surface area contributed by atoms with Gasteiger partial charge >= 0.3 is 6.09 Å². The number of carbonyl (C=O) groups excluding carboxylic acids is 2. The Labute approximate surface area is 135 Å². The number of benzene rings is 1. The van der Waals surface area contributed by atoms with Gasteiger partial charge in [-0.1, -0.05) is 11.6 Å². The molecule has 0 heterocycles. The molecule has 0 aliphatic heterocycles. The lowest BCUT2D eigenvalue weighted by Crippen LogP contribution is -2.34. The maximum Gasteiger partial charge on any atom is 0.407 e. The summed E-state index contributed by atoms with van der Waals surface area (Å²) in [6, 6.07) is 4.73. The van der Waals surface area contributed by atoms with Gasteiger partial charge in [0.05, 0.1) is 10.6 Å². The number of nitrogen functional groups attached to an aromatic ring is 1. The van der Waals surface area contributed by atoms with Gasteiger partial charge in [-0.3, -0.25) is 4.79 Å². The predicted octanol–water partition coefficient (Wildman–Crippen LogP) is 2.57. The van der Waals surface area contributed by atoms with Crippen LogP contribution >= 0.6 is 11.6 Å². The number of nitrogens with one attached hydrogen (secondary N) is 2. The third-order valence-corrected chi connectivity index (χ3v) is 2.87. The molecular formula is C15H22ClN3O3. The first-order valence-electron chi connectivity index (χ1n) is 6.99. The van der Waals surface area contributed by atoms with Gasteiger partial charge in [-0.05, 0) is 45.4 Å². The van der Waals surface area contributed by atoms with E-state index in [-0.39, 0.29) is 5.91 Å². The molecule has 7 heteroatoms. The number of amides is 2. The van der Waals surface area contributed by atoms with Crippen molar-refractivity contribution in [2.75, 3.05) is 18.8 Å². The van der Waals surface area contributed by atoms with E-state index in [0.29, 0.717) is 35.8 Å². The fourth-order valence-corrected chi connectivity index (χ4v) is 1.81. The zero-order valence-corrected chi connectivity index (χ0v) is 13.8. The average Bonchev–Trinajstić information content (AvgIpc) is 2.38. The van der Waals surface area contributed by atoms with Crippen LogP contribution in [-0.2, 0) is 4.74 Å². The van der Waals surface area contributed by atoms with Crippen molar-refractivity contribution >= 4 is 29.3 Å². The second-order valence-corrected chi connectivity index (χ2v) is 6.18. The monoisotopic (exact) mass is 327 g/mol. The van der Waals surface area contributed by atoms with E-state index in [2.05, 4.69) is 10.6 Å². The third-order valence-electron chi connectivity index (χ3n) is 2.54. The summed E-state index contributed by atoms with van der Waals surface area (Å²) in [7, 11) is 0. The number of alkyl carbamates (subject to hydrolysis) is 1. The molecule has 0 aliphatic carbocycles. The SMILES string of the molecule is CC(C)(C)OC(=O)NCCCNC(=O)c1cc(N)ccc1Cl. The number of nitrogens with two attached hydrogens (primary N) is 1. The number of rotatable bonds is 5. The molecular weight excluding hydrogens is 306 g/mol. The molecule has 0 aliphatic rings. The van der Waals surface area contributed by atoms with Crippen molar-refractivity contribution in [2.45, 2.75) is 32.8 Å². The van der Waals surface area contributed by atoms with Gasteiger partial charge in [0, 0.05) is 18.8 Å². The van der Waals surface area contributed by atoms with Crippen molar-refractivity contribution in [1.29, 1.82) is 0 Å². The molecule has 0 saturated heterocycles. The van der Waals surface area contributed by atoms with Crippen molar-refractivity contribution in [3.63, 3.8) is 0 Å². The Morgan fingerprint density at radius 3 is 2.50 bits per heavy atom. The Hall–Kier alpha value is -1.95. The molecule has 1 aromatic carbocycles. The third kappa shape index (κ3) is 6.67. The fraction of sp³-hybridized carbons (Fsp3) is 0.467. The molecule has 0 saturated carbocycles. The molecule has 1 rings (SSSR count). The first kappa shape index (κ1) is 18.1. The van der Waals surface area contributed by atoms with Gasteiger partial charge in [-0.25, -0.2) is 4.79 Å². The van der Waals surface area contributed by atoms with Crippen LogP contribution in [0.25, 0.3) is 0 Å². The van der Waals surface area contributed by atoms with E-state index >= 15 is 0 Å². The van der Waals surface area contributed by atoms with Crippen LogP contribution in [0.4, 0.5) is 10.5 Å². The maximum absolute atomic E-state index is 11.9. The summed E-state index contributed by atoms with van der Waals surface area (Å²) in [5, 5.41) is 5.68. The summed E-state index contributed by atoms with van der Waals surface area (Å²) >= 11 is 5.94. The van der Waals surface area contributed by atoms with Gasteiger partial charge in [0.15, 0.2) is 0 Å². The van der Waals surface area contributed by atoms with Gasteiger partial charge < -0.3 is 21.1 Å². The molecule has 0 bridgehead atoms. The van der Waals surface area contributed by atoms with Crippen LogP contribution in [0.15, 0.2) is 18.2 Å². The summed E-state index contributed by atoms with van der Waals surface area (Å²) in [5.74, 6) is -0.297. The molecule has 22 heavy (non-hydrogen) atoms. The number of hydrogen-bond donors (Lipinski definition) is 3. The van der Waals surface area contributed by atoms with Gasteiger partial charge in [-0.2, -0.15) is 0 Å². The number of hydrogen-bond acceptors (Lipinski definition) is 4. The lowest BCUT2D eigenvalue weighted by atomic mass is 10.2. The van der Waals surface area contributed by atoms with Crippen molar-refractivity contribution in [1.82, 2.24) is 10.6 Å². The Kier molecular flexibility index (Phi) is 6.49. The molecule has 0 unspecified atom stereocenters. The predicted molar refractivity (Wildman–Crippen MR) is 87.1 cm³/mol. The summed E-state index contributed by atoms with van der Waals surface area (Å²) in [6.45, 7) is 6.19. The molecule has 122 valence electrons. The molecule has 0 radical (unpaired) electrons. The highest BCUT2D eigenvalue weighted by atomic mass is 35.5. The standard InChI is InChI=1S/C15H22ClN3O3/c1-15(2,3)22-14(21)19-8-4-7-18-13(20)11-9-10(17)5-6-12(11)16/h5-6,9H,4,7-8,17H2,1-3H3,(H,18,20)(H,19,21). The van der Waals surface area contributed by atoms with Gasteiger partial charge in [-0.15, -0.1) is 0 Å². The minimum Gasteiger partial charge on any atom is -0.444 e. The highest BCUT2D eigenvalue weighted by molar-refractivity contribution is 6.34. The van der Waals surface area contributed by atoms with Crippen LogP contribution in [-0.4, -0.2) is 30.7 Å². The Morgan fingerprint density at radius 1 is 1.23 bits per heavy atom. The normalized spacial score (nSPS) is 10.9. The molecule has 1 aromatic rings. The van der Waals surface area contributed by atoms with E-state index < -0.39 is 11.7 Å². The molecule has 0 atom stereocenters. The fourth-order valence-electron chi connectivity index (χ4n) is 1.61. The zero-order chi connectivity index (χ0) is 16.8. The molecule has 0 fully saturated rings. The molecule has 0 aromatic heterocycles. The average molecular weight is 328 g/mol. The van der Waals surface area contributed by atoms with Crippen LogP contribution < -0.4 is 16.4 Å². The largest absolute Gasteiger partial charge is 0.444 e. The lowest BCUT2D eigenvalue weighted by Gasteiger charge is -2.19. The second-order valence-electron chi connectivity index (χ2n) is 5.78. The van der Waals surface area contributed by atoms with E-state index in [1.54, 1.807) is 32.9 Å². The molecule has 6 nitrogen and oxygen atoms in total. The second kappa shape index (κ2) is 7.89. The molecule has 0 spiro atoms. The van der Waals surface area contributed by atoms with Crippen LogP contribution in [0.1, 0.15) is 37.6 Å². The van der Waals surface area contributed by atoms with Crippen LogP contribution in [0.2, 0.25) is 5.02 Å². The first-order chi connectivity index (χ1) is 10.2. The summed E-state index contributed by atoms with van der Waals surface area (Å²) < 4.78 is 5.09. The molecule has 2 amide bonds.